The molecule has 2 rings (SSSR count). The van der Waals surface area contributed by atoms with Crippen LogP contribution in [0.4, 0.5) is 4.39 Å². The minimum Gasteiger partial charge on any atom is -0.491 e. The first kappa shape index (κ1) is 10.4. The lowest BCUT2D eigenvalue weighted by Crippen LogP contribution is -2.15. The van der Waals surface area contributed by atoms with Crippen LogP contribution < -0.4 is 10.1 Å². The zero-order valence-electron chi connectivity index (χ0n) is 8.71. The molecule has 0 bridgehead atoms. The predicted octanol–water partition coefficient (Wildman–Crippen LogP) is 2.29. The number of nitrogens with one attached hydrogen (secondary N) is 1. The van der Waals surface area contributed by atoms with Crippen molar-refractivity contribution >= 4 is 0 Å². The van der Waals surface area contributed by atoms with Gasteiger partial charge in [-0.3, -0.25) is 0 Å². The van der Waals surface area contributed by atoms with Crippen molar-refractivity contribution in [1.29, 1.82) is 0 Å². The third-order valence-corrected chi connectivity index (χ3v) is 2.44. The Hall–Kier alpha value is -1.09. The molecule has 1 fully saturated rings. The standard InChI is InChI=1S/C12H16FNO/c13-7-8-15-12-5-1-10(2-6-12)9-14-11-3-4-11/h1-2,5-6,11,14H,3-4,7-9H2. The molecule has 0 aromatic heterocycles. The molecular formula is C12H16FNO. The van der Waals surface area contributed by atoms with Crippen molar-refractivity contribution in [1.82, 2.24) is 5.32 Å². The van der Waals surface area contributed by atoms with E-state index in [0.717, 1.165) is 18.3 Å². The second-order valence-corrected chi connectivity index (χ2v) is 3.84. The largest absolute Gasteiger partial charge is 0.491 e. The van der Waals surface area contributed by atoms with E-state index in [0.29, 0.717) is 0 Å². The van der Waals surface area contributed by atoms with Gasteiger partial charge in [-0.25, -0.2) is 4.39 Å². The third-order valence-electron chi connectivity index (χ3n) is 2.44. The molecular weight excluding hydrogens is 193 g/mol. The lowest BCUT2D eigenvalue weighted by atomic mass is 10.2. The van der Waals surface area contributed by atoms with Gasteiger partial charge >= 0.3 is 0 Å². The SMILES string of the molecule is FCCOc1ccc(CNC2CC2)cc1. The number of ether oxygens (including phenoxy) is 1. The summed E-state index contributed by atoms with van der Waals surface area (Å²) in [5.41, 5.74) is 1.24. The zero-order valence-corrected chi connectivity index (χ0v) is 8.71. The number of halogens is 1. The second kappa shape index (κ2) is 5.12. The summed E-state index contributed by atoms with van der Waals surface area (Å²) in [6.45, 7) is 0.610. The van der Waals surface area contributed by atoms with E-state index in [1.165, 1.54) is 18.4 Å². The summed E-state index contributed by atoms with van der Waals surface area (Å²) in [5, 5.41) is 3.43. The summed E-state index contributed by atoms with van der Waals surface area (Å²) in [6, 6.07) is 8.54. The highest BCUT2D eigenvalue weighted by Gasteiger charge is 2.19. The highest BCUT2D eigenvalue weighted by Crippen LogP contribution is 2.19. The second-order valence-electron chi connectivity index (χ2n) is 3.84. The summed E-state index contributed by atoms with van der Waals surface area (Å²) in [5.74, 6) is 0.739. The number of hydrogen-bond donors (Lipinski definition) is 1. The molecule has 1 aliphatic rings. The van der Waals surface area contributed by atoms with Crippen LogP contribution in [-0.4, -0.2) is 19.3 Å². The van der Waals surface area contributed by atoms with Gasteiger partial charge in [0.15, 0.2) is 0 Å². The average molecular weight is 209 g/mol. The number of alkyl halides is 1. The van der Waals surface area contributed by atoms with Gasteiger partial charge < -0.3 is 10.1 Å². The molecule has 1 saturated carbocycles. The number of hydrogen-bond acceptors (Lipinski definition) is 2. The van der Waals surface area contributed by atoms with E-state index in [9.17, 15) is 4.39 Å². The van der Waals surface area contributed by atoms with Crippen LogP contribution in [0, 0.1) is 0 Å². The molecule has 3 heteroatoms. The quantitative estimate of drug-likeness (QED) is 0.776. The molecule has 0 atom stereocenters. The average Bonchev–Trinajstić information content (AvgIpc) is 3.09. The van der Waals surface area contributed by atoms with Gasteiger partial charge in [-0.05, 0) is 30.5 Å². The topological polar surface area (TPSA) is 21.3 Å². The lowest BCUT2D eigenvalue weighted by molar-refractivity contribution is 0.273. The smallest absolute Gasteiger partial charge is 0.123 e. The molecule has 82 valence electrons. The maximum absolute atomic E-state index is 11.8. The Morgan fingerprint density at radius 3 is 2.60 bits per heavy atom. The van der Waals surface area contributed by atoms with E-state index in [4.69, 9.17) is 4.74 Å². The van der Waals surface area contributed by atoms with Crippen LogP contribution >= 0.6 is 0 Å². The summed E-state index contributed by atoms with van der Waals surface area (Å²) in [6.07, 6.45) is 2.61. The van der Waals surface area contributed by atoms with Crippen molar-refractivity contribution in [2.24, 2.45) is 0 Å². The highest BCUT2D eigenvalue weighted by atomic mass is 19.1. The van der Waals surface area contributed by atoms with Gasteiger partial charge in [0.2, 0.25) is 0 Å². The Balaban J connectivity index is 1.79. The normalized spacial score (nSPS) is 15.3. The van der Waals surface area contributed by atoms with E-state index in [1.807, 2.05) is 24.3 Å². The van der Waals surface area contributed by atoms with Crippen molar-refractivity contribution in [3.8, 4) is 5.75 Å². The van der Waals surface area contributed by atoms with Gasteiger partial charge in [0.25, 0.3) is 0 Å². The van der Waals surface area contributed by atoms with Crippen LogP contribution in [0.1, 0.15) is 18.4 Å². The van der Waals surface area contributed by atoms with Crippen LogP contribution in [0.2, 0.25) is 0 Å². The van der Waals surface area contributed by atoms with E-state index in [1.54, 1.807) is 0 Å². The molecule has 0 aliphatic heterocycles. The van der Waals surface area contributed by atoms with Crippen LogP contribution in [0.5, 0.6) is 5.75 Å². The molecule has 1 N–H and O–H groups in total. The monoisotopic (exact) mass is 209 g/mol. The lowest BCUT2D eigenvalue weighted by Gasteiger charge is -2.06. The Labute approximate surface area is 89.4 Å². The van der Waals surface area contributed by atoms with E-state index in [-0.39, 0.29) is 6.61 Å². The molecule has 0 saturated heterocycles. The van der Waals surface area contributed by atoms with Gasteiger partial charge in [0.05, 0.1) is 0 Å². The Morgan fingerprint density at radius 1 is 1.27 bits per heavy atom. The van der Waals surface area contributed by atoms with Crippen LogP contribution in [0.15, 0.2) is 24.3 Å². The number of benzene rings is 1. The van der Waals surface area contributed by atoms with Crippen molar-refractivity contribution in [3.05, 3.63) is 29.8 Å². The highest BCUT2D eigenvalue weighted by molar-refractivity contribution is 5.27. The van der Waals surface area contributed by atoms with Gasteiger partial charge in [0, 0.05) is 12.6 Å². The molecule has 2 nitrogen and oxygen atoms in total. The zero-order chi connectivity index (χ0) is 10.5. The van der Waals surface area contributed by atoms with Gasteiger partial charge in [0.1, 0.15) is 19.0 Å². The summed E-state index contributed by atoms with van der Waals surface area (Å²) < 4.78 is 17.0. The van der Waals surface area contributed by atoms with Crippen molar-refractivity contribution in [2.75, 3.05) is 13.3 Å². The minimum absolute atomic E-state index is 0.139. The fourth-order valence-corrected chi connectivity index (χ4v) is 1.41. The maximum atomic E-state index is 11.8. The first-order chi connectivity index (χ1) is 7.38. The summed E-state index contributed by atoms with van der Waals surface area (Å²) >= 11 is 0. The van der Waals surface area contributed by atoms with Crippen molar-refractivity contribution in [2.45, 2.75) is 25.4 Å². The summed E-state index contributed by atoms with van der Waals surface area (Å²) in [7, 11) is 0. The van der Waals surface area contributed by atoms with Crippen LogP contribution in [0.25, 0.3) is 0 Å². The van der Waals surface area contributed by atoms with Crippen LogP contribution in [0.3, 0.4) is 0 Å². The Bertz CT molecular complexity index is 295. The molecule has 0 radical (unpaired) electrons. The van der Waals surface area contributed by atoms with E-state index < -0.39 is 6.67 Å². The first-order valence-corrected chi connectivity index (χ1v) is 5.39. The minimum atomic E-state index is -0.439. The van der Waals surface area contributed by atoms with Gasteiger partial charge in [-0.15, -0.1) is 0 Å². The van der Waals surface area contributed by atoms with Crippen molar-refractivity contribution in [3.63, 3.8) is 0 Å². The summed E-state index contributed by atoms with van der Waals surface area (Å²) in [4.78, 5) is 0. The first-order valence-electron chi connectivity index (χ1n) is 5.39. The molecule has 0 heterocycles. The van der Waals surface area contributed by atoms with Crippen molar-refractivity contribution < 1.29 is 9.13 Å². The Morgan fingerprint density at radius 2 is 2.00 bits per heavy atom. The van der Waals surface area contributed by atoms with E-state index in [2.05, 4.69) is 5.32 Å². The van der Waals surface area contributed by atoms with Gasteiger partial charge in [-0.2, -0.15) is 0 Å². The predicted molar refractivity (Wildman–Crippen MR) is 57.8 cm³/mol. The molecule has 1 aliphatic carbocycles. The fourth-order valence-electron chi connectivity index (χ4n) is 1.41. The maximum Gasteiger partial charge on any atom is 0.123 e. The van der Waals surface area contributed by atoms with E-state index >= 15 is 0 Å². The molecule has 0 amide bonds. The number of rotatable bonds is 6. The Kier molecular flexibility index (Phi) is 3.56. The molecule has 15 heavy (non-hydrogen) atoms. The molecule has 0 spiro atoms. The third kappa shape index (κ3) is 3.51. The van der Waals surface area contributed by atoms with Gasteiger partial charge in [-0.1, -0.05) is 12.1 Å². The molecule has 0 unspecified atom stereocenters. The fraction of sp³-hybridized carbons (Fsp3) is 0.500. The molecule has 1 aromatic carbocycles. The van der Waals surface area contributed by atoms with Crippen LogP contribution in [-0.2, 0) is 6.54 Å². The molecule has 1 aromatic rings.